The Morgan fingerprint density at radius 2 is 1.56 bits per heavy atom. The van der Waals surface area contributed by atoms with Gasteiger partial charge in [0.2, 0.25) is 5.91 Å². The van der Waals surface area contributed by atoms with Gasteiger partial charge in [-0.15, -0.1) is 0 Å². The lowest BCUT2D eigenvalue weighted by atomic mass is 10.0. The molecule has 0 aliphatic carbocycles. The Balaban J connectivity index is 2.14. The van der Waals surface area contributed by atoms with Gasteiger partial charge in [0, 0.05) is 11.3 Å². The standard InChI is InChI=1S/C21H26N2O2/c1-13(2)19(23-20(24)17-11-9-14(3)10-12-17)21(25)22-18-8-6-7-15(4)16(18)5/h6-13,19H,1-5H3,(H,22,25)(H,23,24)/t19-/m0/s1. The Labute approximate surface area is 149 Å². The summed E-state index contributed by atoms with van der Waals surface area (Å²) in [5.41, 5.74) is 4.56. The minimum Gasteiger partial charge on any atom is -0.340 e. The van der Waals surface area contributed by atoms with E-state index < -0.39 is 6.04 Å². The van der Waals surface area contributed by atoms with Crippen LogP contribution in [0.5, 0.6) is 0 Å². The molecule has 25 heavy (non-hydrogen) atoms. The van der Waals surface area contributed by atoms with Crippen LogP contribution < -0.4 is 10.6 Å². The lowest BCUT2D eigenvalue weighted by Crippen LogP contribution is -2.47. The SMILES string of the molecule is Cc1ccc(C(=O)N[C@H](C(=O)Nc2cccc(C)c2C)C(C)C)cc1. The highest BCUT2D eigenvalue weighted by Crippen LogP contribution is 2.19. The molecule has 2 aromatic carbocycles. The van der Waals surface area contributed by atoms with Crippen LogP contribution in [0.3, 0.4) is 0 Å². The van der Waals surface area contributed by atoms with Crippen molar-refractivity contribution in [3.05, 3.63) is 64.7 Å². The molecule has 0 aliphatic rings. The van der Waals surface area contributed by atoms with E-state index in [1.807, 2.05) is 65.0 Å². The van der Waals surface area contributed by atoms with E-state index in [1.54, 1.807) is 12.1 Å². The quantitative estimate of drug-likeness (QED) is 0.865. The monoisotopic (exact) mass is 338 g/mol. The second-order valence-corrected chi connectivity index (χ2v) is 6.80. The maximum atomic E-state index is 12.7. The van der Waals surface area contributed by atoms with Crippen LogP contribution >= 0.6 is 0 Å². The fourth-order valence-corrected chi connectivity index (χ4v) is 2.56. The van der Waals surface area contributed by atoms with Crippen molar-refractivity contribution in [2.24, 2.45) is 5.92 Å². The Morgan fingerprint density at radius 3 is 2.16 bits per heavy atom. The largest absolute Gasteiger partial charge is 0.340 e. The molecule has 0 radical (unpaired) electrons. The van der Waals surface area contributed by atoms with Gasteiger partial charge in [-0.2, -0.15) is 0 Å². The highest BCUT2D eigenvalue weighted by Gasteiger charge is 2.25. The molecule has 0 aromatic heterocycles. The zero-order valence-electron chi connectivity index (χ0n) is 15.5. The van der Waals surface area contributed by atoms with Crippen LogP contribution in [0.2, 0.25) is 0 Å². The molecule has 2 aromatic rings. The first-order valence-electron chi connectivity index (χ1n) is 8.54. The number of carbonyl (C=O) groups excluding carboxylic acids is 2. The van der Waals surface area contributed by atoms with Crippen LogP contribution in [-0.2, 0) is 4.79 Å². The van der Waals surface area contributed by atoms with E-state index in [0.717, 1.165) is 22.4 Å². The van der Waals surface area contributed by atoms with E-state index in [4.69, 9.17) is 0 Å². The van der Waals surface area contributed by atoms with E-state index in [-0.39, 0.29) is 17.7 Å². The zero-order chi connectivity index (χ0) is 18.6. The van der Waals surface area contributed by atoms with Gasteiger partial charge in [0.25, 0.3) is 5.91 Å². The van der Waals surface area contributed by atoms with E-state index in [0.29, 0.717) is 5.56 Å². The van der Waals surface area contributed by atoms with Gasteiger partial charge in [-0.3, -0.25) is 9.59 Å². The van der Waals surface area contributed by atoms with Crippen molar-refractivity contribution in [1.29, 1.82) is 0 Å². The number of anilines is 1. The van der Waals surface area contributed by atoms with Crippen molar-refractivity contribution in [1.82, 2.24) is 5.32 Å². The molecule has 0 fully saturated rings. The molecular formula is C21H26N2O2. The molecule has 2 rings (SSSR count). The molecule has 4 nitrogen and oxygen atoms in total. The molecule has 2 N–H and O–H groups in total. The van der Waals surface area contributed by atoms with Crippen LogP contribution in [-0.4, -0.2) is 17.9 Å². The second-order valence-electron chi connectivity index (χ2n) is 6.80. The Kier molecular flexibility index (Phi) is 5.97. The smallest absolute Gasteiger partial charge is 0.251 e. The van der Waals surface area contributed by atoms with Crippen LogP contribution in [0.15, 0.2) is 42.5 Å². The number of nitrogens with one attached hydrogen (secondary N) is 2. The Morgan fingerprint density at radius 1 is 0.920 bits per heavy atom. The molecule has 1 atom stereocenters. The molecule has 0 saturated heterocycles. The summed E-state index contributed by atoms with van der Waals surface area (Å²) >= 11 is 0. The molecule has 0 saturated carbocycles. The summed E-state index contributed by atoms with van der Waals surface area (Å²) in [5, 5.41) is 5.80. The van der Waals surface area contributed by atoms with Gasteiger partial charge in [-0.1, -0.05) is 43.7 Å². The summed E-state index contributed by atoms with van der Waals surface area (Å²) in [6.07, 6.45) is 0. The molecule has 0 aliphatic heterocycles. The highest BCUT2D eigenvalue weighted by atomic mass is 16.2. The predicted molar refractivity (Wildman–Crippen MR) is 102 cm³/mol. The minimum atomic E-state index is -0.603. The summed E-state index contributed by atoms with van der Waals surface area (Å²) in [4.78, 5) is 25.2. The van der Waals surface area contributed by atoms with Crippen molar-refractivity contribution >= 4 is 17.5 Å². The maximum Gasteiger partial charge on any atom is 0.251 e. The van der Waals surface area contributed by atoms with Gasteiger partial charge in [0.1, 0.15) is 6.04 Å². The topological polar surface area (TPSA) is 58.2 Å². The predicted octanol–water partition coefficient (Wildman–Crippen LogP) is 4.00. The molecule has 4 heteroatoms. The first-order valence-corrected chi connectivity index (χ1v) is 8.54. The number of amides is 2. The van der Waals surface area contributed by atoms with Crippen LogP contribution in [0.25, 0.3) is 0 Å². The van der Waals surface area contributed by atoms with Crippen molar-refractivity contribution < 1.29 is 9.59 Å². The van der Waals surface area contributed by atoms with Crippen molar-refractivity contribution in [2.45, 2.75) is 40.7 Å². The zero-order valence-corrected chi connectivity index (χ0v) is 15.5. The van der Waals surface area contributed by atoms with Gasteiger partial charge in [-0.25, -0.2) is 0 Å². The van der Waals surface area contributed by atoms with E-state index in [2.05, 4.69) is 10.6 Å². The van der Waals surface area contributed by atoms with Gasteiger partial charge in [-0.05, 0) is 56.0 Å². The van der Waals surface area contributed by atoms with Crippen LogP contribution in [0, 0.1) is 26.7 Å². The second kappa shape index (κ2) is 7.97. The third-order valence-corrected chi connectivity index (χ3v) is 4.41. The van der Waals surface area contributed by atoms with Crippen molar-refractivity contribution in [3.63, 3.8) is 0 Å². The van der Waals surface area contributed by atoms with Crippen molar-refractivity contribution in [2.75, 3.05) is 5.32 Å². The van der Waals surface area contributed by atoms with E-state index in [9.17, 15) is 9.59 Å². The highest BCUT2D eigenvalue weighted by molar-refractivity contribution is 6.01. The summed E-state index contributed by atoms with van der Waals surface area (Å²) in [7, 11) is 0. The number of hydrogen-bond acceptors (Lipinski definition) is 2. The number of benzene rings is 2. The lowest BCUT2D eigenvalue weighted by Gasteiger charge is -2.22. The maximum absolute atomic E-state index is 12.7. The lowest BCUT2D eigenvalue weighted by molar-refractivity contribution is -0.118. The number of carbonyl (C=O) groups is 2. The first-order chi connectivity index (χ1) is 11.8. The Hall–Kier alpha value is -2.62. The molecule has 0 bridgehead atoms. The number of aryl methyl sites for hydroxylation is 2. The molecule has 0 heterocycles. The minimum absolute atomic E-state index is 0.0282. The van der Waals surface area contributed by atoms with Gasteiger partial charge < -0.3 is 10.6 Å². The van der Waals surface area contributed by atoms with Gasteiger partial charge in [0.15, 0.2) is 0 Å². The van der Waals surface area contributed by atoms with Crippen LogP contribution in [0.4, 0.5) is 5.69 Å². The molecule has 132 valence electrons. The van der Waals surface area contributed by atoms with Gasteiger partial charge >= 0.3 is 0 Å². The fourth-order valence-electron chi connectivity index (χ4n) is 2.56. The third kappa shape index (κ3) is 4.69. The summed E-state index contributed by atoms with van der Waals surface area (Å²) < 4.78 is 0. The molecular weight excluding hydrogens is 312 g/mol. The summed E-state index contributed by atoms with van der Waals surface area (Å²) in [5.74, 6) is -0.474. The first kappa shape index (κ1) is 18.7. The molecule has 0 spiro atoms. The van der Waals surface area contributed by atoms with Gasteiger partial charge in [0.05, 0.1) is 0 Å². The Bertz CT molecular complexity index is 764. The molecule has 0 unspecified atom stereocenters. The normalized spacial score (nSPS) is 11.9. The summed E-state index contributed by atoms with van der Waals surface area (Å²) in [6.45, 7) is 9.78. The molecule has 2 amide bonds. The number of rotatable bonds is 5. The average molecular weight is 338 g/mol. The van der Waals surface area contributed by atoms with E-state index >= 15 is 0 Å². The third-order valence-electron chi connectivity index (χ3n) is 4.41. The fraction of sp³-hybridized carbons (Fsp3) is 0.333. The van der Waals surface area contributed by atoms with Crippen molar-refractivity contribution in [3.8, 4) is 0 Å². The van der Waals surface area contributed by atoms with E-state index in [1.165, 1.54) is 0 Å². The average Bonchev–Trinajstić information content (AvgIpc) is 2.56. The number of hydrogen-bond donors (Lipinski definition) is 2. The van der Waals surface area contributed by atoms with Crippen LogP contribution in [0.1, 0.15) is 40.9 Å². The summed E-state index contributed by atoms with van der Waals surface area (Å²) in [6, 6.07) is 12.5.